The lowest BCUT2D eigenvalue weighted by atomic mass is 10.1. The number of piperazine rings is 1. The van der Waals surface area contributed by atoms with Gasteiger partial charge in [-0.25, -0.2) is 0 Å². The molecule has 2 aliphatic rings. The molecule has 23 heavy (non-hydrogen) atoms. The highest BCUT2D eigenvalue weighted by atomic mass is 79.9. The van der Waals surface area contributed by atoms with Gasteiger partial charge in [-0.2, -0.15) is 0 Å². The van der Waals surface area contributed by atoms with Crippen molar-refractivity contribution in [1.29, 1.82) is 0 Å². The van der Waals surface area contributed by atoms with Crippen LogP contribution in [-0.2, 0) is 9.53 Å². The Hall–Kier alpha value is -1.44. The Labute approximate surface area is 143 Å². The zero-order valence-corrected chi connectivity index (χ0v) is 14.4. The van der Waals surface area contributed by atoms with E-state index >= 15 is 0 Å². The molecule has 2 saturated heterocycles. The standard InChI is InChI=1S/C16H20BrN3O3/c17-13-3-1-12(2-4-13)15(21)19-6-8-20(9-7-19)16(22)14-11-23-10-5-18-14/h1-4,14,18H,5-11H2. The molecule has 6 nitrogen and oxygen atoms in total. The fraction of sp³-hybridized carbons (Fsp3) is 0.500. The minimum absolute atomic E-state index is 0.0173. The first-order valence-corrected chi connectivity index (χ1v) is 8.59. The third-order valence-electron chi connectivity index (χ3n) is 4.19. The van der Waals surface area contributed by atoms with Gasteiger partial charge in [-0.3, -0.25) is 9.59 Å². The maximum atomic E-state index is 12.5. The van der Waals surface area contributed by atoms with Crippen molar-refractivity contribution in [2.45, 2.75) is 6.04 Å². The summed E-state index contributed by atoms with van der Waals surface area (Å²) >= 11 is 3.37. The number of hydrogen-bond acceptors (Lipinski definition) is 4. The van der Waals surface area contributed by atoms with Crippen LogP contribution in [0.4, 0.5) is 0 Å². The largest absolute Gasteiger partial charge is 0.378 e. The van der Waals surface area contributed by atoms with E-state index < -0.39 is 0 Å². The van der Waals surface area contributed by atoms with Crippen LogP contribution in [0, 0.1) is 0 Å². The maximum Gasteiger partial charge on any atom is 0.253 e. The van der Waals surface area contributed by atoms with E-state index in [1.165, 1.54) is 0 Å². The second-order valence-corrected chi connectivity index (χ2v) is 6.62. The van der Waals surface area contributed by atoms with Gasteiger partial charge in [-0.05, 0) is 24.3 Å². The molecule has 0 spiro atoms. The van der Waals surface area contributed by atoms with Crippen LogP contribution in [0.5, 0.6) is 0 Å². The first-order valence-electron chi connectivity index (χ1n) is 7.80. The van der Waals surface area contributed by atoms with Crippen LogP contribution in [-0.4, -0.2) is 73.6 Å². The molecule has 0 bridgehead atoms. The number of morpholine rings is 1. The minimum atomic E-state index is -0.252. The molecule has 7 heteroatoms. The van der Waals surface area contributed by atoms with E-state index in [1.54, 1.807) is 4.90 Å². The molecule has 0 aliphatic carbocycles. The number of carbonyl (C=O) groups is 2. The Morgan fingerprint density at radius 2 is 1.74 bits per heavy atom. The van der Waals surface area contributed by atoms with Gasteiger partial charge in [0.05, 0.1) is 13.2 Å². The SMILES string of the molecule is O=C(c1ccc(Br)cc1)N1CCN(C(=O)C2COCCN2)CC1. The third kappa shape index (κ3) is 3.91. The summed E-state index contributed by atoms with van der Waals surface area (Å²) in [6.07, 6.45) is 0. The summed E-state index contributed by atoms with van der Waals surface area (Å²) in [5, 5.41) is 3.18. The predicted molar refractivity (Wildman–Crippen MR) is 89.2 cm³/mol. The highest BCUT2D eigenvalue weighted by molar-refractivity contribution is 9.10. The fourth-order valence-corrected chi connectivity index (χ4v) is 3.11. The van der Waals surface area contributed by atoms with E-state index in [-0.39, 0.29) is 17.9 Å². The van der Waals surface area contributed by atoms with Gasteiger partial charge in [0.25, 0.3) is 5.91 Å². The number of amides is 2. The summed E-state index contributed by atoms with van der Waals surface area (Å²) in [7, 11) is 0. The van der Waals surface area contributed by atoms with Crippen LogP contribution in [0.2, 0.25) is 0 Å². The van der Waals surface area contributed by atoms with Crippen molar-refractivity contribution in [2.75, 3.05) is 45.9 Å². The molecule has 1 aromatic carbocycles. The smallest absolute Gasteiger partial charge is 0.253 e. The summed E-state index contributed by atoms with van der Waals surface area (Å²) in [4.78, 5) is 28.5. The molecular weight excluding hydrogens is 362 g/mol. The van der Waals surface area contributed by atoms with Gasteiger partial charge >= 0.3 is 0 Å². The molecule has 1 atom stereocenters. The molecule has 1 aromatic rings. The highest BCUT2D eigenvalue weighted by Crippen LogP contribution is 2.14. The lowest BCUT2D eigenvalue weighted by molar-refractivity contribution is -0.137. The zero-order valence-electron chi connectivity index (χ0n) is 12.8. The van der Waals surface area contributed by atoms with Crippen LogP contribution in [0.25, 0.3) is 0 Å². The van der Waals surface area contributed by atoms with Crippen LogP contribution in [0.15, 0.2) is 28.7 Å². The molecule has 124 valence electrons. The van der Waals surface area contributed by atoms with Crippen molar-refractivity contribution < 1.29 is 14.3 Å². The average Bonchev–Trinajstić information content (AvgIpc) is 2.62. The Morgan fingerprint density at radius 3 is 2.35 bits per heavy atom. The van der Waals surface area contributed by atoms with Crippen LogP contribution < -0.4 is 5.32 Å². The lowest BCUT2D eigenvalue weighted by Gasteiger charge is -2.37. The van der Waals surface area contributed by atoms with Gasteiger partial charge in [0.15, 0.2) is 0 Å². The van der Waals surface area contributed by atoms with Crippen molar-refractivity contribution >= 4 is 27.7 Å². The molecule has 2 aliphatic heterocycles. The first kappa shape index (κ1) is 16.4. The third-order valence-corrected chi connectivity index (χ3v) is 4.72. The Bertz CT molecular complexity index is 564. The number of benzene rings is 1. The summed E-state index contributed by atoms with van der Waals surface area (Å²) in [6, 6.07) is 7.10. The molecule has 2 amide bonds. The van der Waals surface area contributed by atoms with Gasteiger partial charge in [-0.1, -0.05) is 15.9 Å². The van der Waals surface area contributed by atoms with Gasteiger partial charge in [-0.15, -0.1) is 0 Å². The molecule has 1 unspecified atom stereocenters. The van der Waals surface area contributed by atoms with Gasteiger partial charge in [0, 0.05) is 42.8 Å². The van der Waals surface area contributed by atoms with E-state index in [2.05, 4.69) is 21.2 Å². The number of nitrogens with one attached hydrogen (secondary N) is 1. The number of rotatable bonds is 2. The molecule has 0 saturated carbocycles. The topological polar surface area (TPSA) is 61.9 Å². The normalized spacial score (nSPS) is 22.0. The van der Waals surface area contributed by atoms with E-state index in [0.717, 1.165) is 4.47 Å². The number of nitrogens with zero attached hydrogens (tertiary/aromatic N) is 2. The summed E-state index contributed by atoms with van der Waals surface area (Å²) in [5.74, 6) is 0.0872. The van der Waals surface area contributed by atoms with Gasteiger partial charge in [0.2, 0.25) is 5.91 Å². The molecule has 1 N–H and O–H groups in total. The van der Waals surface area contributed by atoms with Crippen molar-refractivity contribution in [3.63, 3.8) is 0 Å². The van der Waals surface area contributed by atoms with Crippen molar-refractivity contribution in [1.82, 2.24) is 15.1 Å². The van der Waals surface area contributed by atoms with E-state index in [0.29, 0.717) is 51.5 Å². The van der Waals surface area contributed by atoms with E-state index in [9.17, 15) is 9.59 Å². The van der Waals surface area contributed by atoms with Gasteiger partial charge in [0.1, 0.15) is 6.04 Å². The molecule has 3 rings (SSSR count). The number of ether oxygens (including phenoxy) is 1. The van der Waals surface area contributed by atoms with Crippen LogP contribution >= 0.6 is 15.9 Å². The zero-order chi connectivity index (χ0) is 16.2. The maximum absolute atomic E-state index is 12.5. The summed E-state index contributed by atoms with van der Waals surface area (Å²) in [5.41, 5.74) is 0.676. The molecule has 2 fully saturated rings. The summed E-state index contributed by atoms with van der Waals surface area (Å²) < 4.78 is 6.29. The second kappa shape index (κ2) is 7.42. The second-order valence-electron chi connectivity index (χ2n) is 5.71. The summed E-state index contributed by atoms with van der Waals surface area (Å²) in [6.45, 7) is 4.05. The average molecular weight is 382 g/mol. The Kier molecular flexibility index (Phi) is 5.30. The van der Waals surface area contributed by atoms with Crippen molar-refractivity contribution in [3.8, 4) is 0 Å². The highest BCUT2D eigenvalue weighted by Gasteiger charge is 2.30. The molecule has 0 aromatic heterocycles. The van der Waals surface area contributed by atoms with Gasteiger partial charge < -0.3 is 19.9 Å². The van der Waals surface area contributed by atoms with Crippen LogP contribution in [0.1, 0.15) is 10.4 Å². The first-order chi connectivity index (χ1) is 11.1. The Morgan fingerprint density at radius 1 is 1.09 bits per heavy atom. The van der Waals surface area contributed by atoms with E-state index in [4.69, 9.17) is 4.74 Å². The number of carbonyl (C=O) groups excluding carboxylic acids is 2. The lowest BCUT2D eigenvalue weighted by Crippen LogP contribution is -2.57. The predicted octanol–water partition coefficient (Wildman–Crippen LogP) is 0.722. The molecule has 0 radical (unpaired) electrons. The Balaban J connectivity index is 1.54. The van der Waals surface area contributed by atoms with E-state index in [1.807, 2.05) is 29.2 Å². The van der Waals surface area contributed by atoms with Crippen LogP contribution in [0.3, 0.4) is 0 Å². The minimum Gasteiger partial charge on any atom is -0.378 e. The monoisotopic (exact) mass is 381 g/mol. The molecule has 2 heterocycles. The van der Waals surface area contributed by atoms with Crippen molar-refractivity contribution in [2.24, 2.45) is 0 Å². The number of hydrogen-bond donors (Lipinski definition) is 1. The number of halogens is 1. The molecular formula is C16H20BrN3O3. The van der Waals surface area contributed by atoms with Crippen molar-refractivity contribution in [3.05, 3.63) is 34.3 Å². The quantitative estimate of drug-likeness (QED) is 0.819. The fourth-order valence-electron chi connectivity index (χ4n) is 2.85.